The van der Waals surface area contributed by atoms with E-state index in [9.17, 15) is 0 Å². The highest BCUT2D eigenvalue weighted by molar-refractivity contribution is 9.09. The zero-order valence-corrected chi connectivity index (χ0v) is 13.4. The molecule has 1 rings (SSSR count). The predicted octanol–water partition coefficient (Wildman–Crippen LogP) is 5.04. The predicted molar refractivity (Wildman–Crippen MR) is 82.1 cm³/mol. The highest BCUT2D eigenvalue weighted by Gasteiger charge is 2.26. The van der Waals surface area contributed by atoms with Crippen molar-refractivity contribution in [2.75, 3.05) is 11.9 Å². The first-order valence-electron chi connectivity index (χ1n) is 6.76. The van der Waals surface area contributed by atoms with Gasteiger partial charge in [-0.15, -0.1) is 0 Å². The van der Waals surface area contributed by atoms with Gasteiger partial charge in [-0.05, 0) is 29.7 Å². The summed E-state index contributed by atoms with van der Waals surface area (Å²) in [6.07, 6.45) is 2.35. The zero-order chi connectivity index (χ0) is 13.4. The maximum atomic E-state index is 5.72. The Morgan fingerprint density at radius 2 is 1.89 bits per heavy atom. The fourth-order valence-electron chi connectivity index (χ4n) is 1.85. The van der Waals surface area contributed by atoms with Crippen molar-refractivity contribution in [1.82, 2.24) is 0 Å². The van der Waals surface area contributed by atoms with Crippen LogP contribution in [0.1, 0.15) is 39.2 Å². The fraction of sp³-hybridized carbons (Fsp3) is 0.625. The van der Waals surface area contributed by atoms with Gasteiger partial charge < -0.3 is 4.74 Å². The molecule has 2 heteroatoms. The first kappa shape index (κ1) is 15.7. The zero-order valence-electron chi connectivity index (χ0n) is 11.8. The summed E-state index contributed by atoms with van der Waals surface area (Å²) >= 11 is 3.64. The summed E-state index contributed by atoms with van der Waals surface area (Å²) in [5.41, 5.74) is 1.64. The van der Waals surface area contributed by atoms with E-state index in [1.807, 2.05) is 6.07 Å². The van der Waals surface area contributed by atoms with E-state index in [2.05, 4.69) is 61.0 Å². The van der Waals surface area contributed by atoms with Gasteiger partial charge in [0.15, 0.2) is 0 Å². The smallest absolute Gasteiger partial charge is 0.0716 e. The van der Waals surface area contributed by atoms with E-state index in [1.54, 1.807) is 0 Å². The molecule has 0 spiro atoms. The van der Waals surface area contributed by atoms with Crippen LogP contribution >= 0.6 is 15.9 Å². The minimum atomic E-state index is 0.385. The number of alkyl halides is 1. The van der Waals surface area contributed by atoms with E-state index in [4.69, 9.17) is 4.74 Å². The monoisotopic (exact) mass is 312 g/mol. The minimum Gasteiger partial charge on any atom is -0.377 e. The van der Waals surface area contributed by atoms with Crippen LogP contribution in [0.4, 0.5) is 0 Å². The quantitative estimate of drug-likeness (QED) is 0.482. The molecule has 0 N–H and O–H groups in total. The Labute approximate surface area is 120 Å². The lowest BCUT2D eigenvalue weighted by Gasteiger charge is -2.31. The average Bonchev–Trinajstić information content (AvgIpc) is 2.39. The van der Waals surface area contributed by atoms with E-state index >= 15 is 0 Å². The Kier molecular flexibility index (Phi) is 6.95. The molecule has 102 valence electrons. The molecule has 1 nitrogen and oxygen atoms in total. The Bertz CT molecular complexity index is 323. The second-order valence-electron chi connectivity index (χ2n) is 5.58. The van der Waals surface area contributed by atoms with Crippen LogP contribution in [-0.2, 0) is 11.3 Å². The van der Waals surface area contributed by atoms with E-state index in [1.165, 1.54) is 12.0 Å². The van der Waals surface area contributed by atoms with Crippen molar-refractivity contribution in [2.45, 2.75) is 40.2 Å². The summed E-state index contributed by atoms with van der Waals surface area (Å²) in [5, 5.41) is 1.07. The summed E-state index contributed by atoms with van der Waals surface area (Å²) in [6.45, 7) is 8.53. The van der Waals surface area contributed by atoms with Gasteiger partial charge in [0, 0.05) is 11.9 Å². The number of hydrogen-bond acceptors (Lipinski definition) is 1. The number of hydrogen-bond donors (Lipinski definition) is 0. The molecule has 0 fully saturated rings. The van der Waals surface area contributed by atoms with Crippen LogP contribution in [-0.4, -0.2) is 11.9 Å². The third-order valence-corrected chi connectivity index (χ3v) is 5.13. The molecule has 0 bridgehead atoms. The highest BCUT2D eigenvalue weighted by atomic mass is 79.9. The van der Waals surface area contributed by atoms with E-state index in [0.717, 1.165) is 25.0 Å². The van der Waals surface area contributed by atoms with Gasteiger partial charge in [0.25, 0.3) is 0 Å². The Morgan fingerprint density at radius 1 is 1.22 bits per heavy atom. The number of ether oxygens (including phenoxy) is 1. The van der Waals surface area contributed by atoms with Crippen LogP contribution in [0, 0.1) is 11.3 Å². The number of rotatable bonds is 8. The lowest BCUT2D eigenvalue weighted by atomic mass is 9.77. The normalized spacial score (nSPS) is 14.7. The van der Waals surface area contributed by atoms with E-state index in [-0.39, 0.29) is 0 Å². The van der Waals surface area contributed by atoms with Gasteiger partial charge in [-0.1, -0.05) is 67.0 Å². The van der Waals surface area contributed by atoms with Crippen LogP contribution in [0.25, 0.3) is 0 Å². The molecular weight excluding hydrogens is 288 g/mol. The summed E-state index contributed by atoms with van der Waals surface area (Å²) in [4.78, 5) is 0. The average molecular weight is 313 g/mol. The standard InChI is InChI=1S/C16H25BrO/c1-14(2)16(3,13-17)10-7-11-18-12-15-8-5-4-6-9-15/h4-6,8-9,14H,7,10-13H2,1-3H3. The first-order valence-corrected chi connectivity index (χ1v) is 7.88. The van der Waals surface area contributed by atoms with Crippen molar-refractivity contribution >= 4 is 15.9 Å². The summed E-state index contributed by atoms with van der Waals surface area (Å²) in [7, 11) is 0. The number of halogens is 1. The van der Waals surface area contributed by atoms with E-state index in [0.29, 0.717) is 11.3 Å². The van der Waals surface area contributed by atoms with Crippen molar-refractivity contribution in [2.24, 2.45) is 11.3 Å². The van der Waals surface area contributed by atoms with Crippen molar-refractivity contribution in [3.63, 3.8) is 0 Å². The van der Waals surface area contributed by atoms with Gasteiger partial charge in [0.1, 0.15) is 0 Å². The SMILES string of the molecule is CC(C)C(C)(CBr)CCCOCc1ccccc1. The van der Waals surface area contributed by atoms with Crippen LogP contribution in [0.15, 0.2) is 30.3 Å². The molecule has 0 aliphatic rings. The Hall–Kier alpha value is -0.340. The maximum absolute atomic E-state index is 5.72. The molecule has 0 aliphatic carbocycles. The molecule has 1 aromatic carbocycles. The topological polar surface area (TPSA) is 9.23 Å². The largest absolute Gasteiger partial charge is 0.377 e. The summed E-state index contributed by atoms with van der Waals surface area (Å²) in [5.74, 6) is 0.700. The minimum absolute atomic E-state index is 0.385. The second kappa shape index (κ2) is 7.96. The highest BCUT2D eigenvalue weighted by Crippen LogP contribution is 2.34. The fourth-order valence-corrected chi connectivity index (χ4v) is 2.78. The van der Waals surface area contributed by atoms with Crippen LogP contribution in [0.3, 0.4) is 0 Å². The third kappa shape index (κ3) is 5.11. The van der Waals surface area contributed by atoms with Crippen LogP contribution in [0.5, 0.6) is 0 Å². The van der Waals surface area contributed by atoms with Gasteiger partial charge >= 0.3 is 0 Å². The molecule has 0 heterocycles. The third-order valence-electron chi connectivity index (χ3n) is 3.85. The van der Waals surface area contributed by atoms with Gasteiger partial charge in [-0.25, -0.2) is 0 Å². The lowest BCUT2D eigenvalue weighted by molar-refractivity contribution is 0.103. The number of benzene rings is 1. The molecule has 0 saturated carbocycles. The maximum Gasteiger partial charge on any atom is 0.0716 e. The molecule has 0 radical (unpaired) electrons. The van der Waals surface area contributed by atoms with Gasteiger partial charge in [0.05, 0.1) is 6.61 Å². The van der Waals surface area contributed by atoms with E-state index < -0.39 is 0 Å². The molecule has 0 aliphatic heterocycles. The second-order valence-corrected chi connectivity index (χ2v) is 6.14. The molecular formula is C16H25BrO. The first-order chi connectivity index (χ1) is 8.58. The molecule has 1 atom stereocenters. The van der Waals surface area contributed by atoms with Crippen molar-refractivity contribution < 1.29 is 4.74 Å². The Morgan fingerprint density at radius 3 is 2.44 bits per heavy atom. The molecule has 0 saturated heterocycles. The van der Waals surface area contributed by atoms with Gasteiger partial charge in [0.2, 0.25) is 0 Å². The molecule has 0 aromatic heterocycles. The molecule has 18 heavy (non-hydrogen) atoms. The van der Waals surface area contributed by atoms with Crippen molar-refractivity contribution in [3.05, 3.63) is 35.9 Å². The summed E-state index contributed by atoms with van der Waals surface area (Å²) in [6, 6.07) is 10.4. The van der Waals surface area contributed by atoms with Crippen LogP contribution in [0.2, 0.25) is 0 Å². The van der Waals surface area contributed by atoms with Crippen molar-refractivity contribution in [3.8, 4) is 0 Å². The molecule has 1 unspecified atom stereocenters. The lowest BCUT2D eigenvalue weighted by Crippen LogP contribution is -2.25. The van der Waals surface area contributed by atoms with Gasteiger partial charge in [-0.3, -0.25) is 0 Å². The van der Waals surface area contributed by atoms with Gasteiger partial charge in [-0.2, -0.15) is 0 Å². The van der Waals surface area contributed by atoms with Crippen molar-refractivity contribution in [1.29, 1.82) is 0 Å². The van der Waals surface area contributed by atoms with Crippen LogP contribution < -0.4 is 0 Å². The Balaban J connectivity index is 2.19. The molecule has 0 amide bonds. The molecule has 1 aromatic rings. The summed E-state index contributed by atoms with van der Waals surface area (Å²) < 4.78 is 5.72.